The van der Waals surface area contributed by atoms with Gasteiger partial charge in [-0.05, 0) is 34.4 Å². The van der Waals surface area contributed by atoms with Crippen molar-refractivity contribution in [2.24, 2.45) is 0 Å². The lowest BCUT2D eigenvalue weighted by Crippen LogP contribution is -2.46. The molecule has 3 N–H and O–H groups in total. The number of nitrogens with zero attached hydrogens (tertiary/aromatic N) is 2. The molecule has 1 unspecified atom stereocenters. The van der Waals surface area contributed by atoms with E-state index in [9.17, 15) is 24.3 Å². The van der Waals surface area contributed by atoms with Crippen molar-refractivity contribution in [1.82, 2.24) is 15.4 Å². The number of amides is 3. The van der Waals surface area contributed by atoms with Crippen molar-refractivity contribution in [3.8, 4) is 11.1 Å². The number of hydrogen-bond acceptors (Lipinski definition) is 6. The number of carboxylic acids is 1. The van der Waals surface area contributed by atoms with Crippen LogP contribution >= 0.6 is 0 Å². The van der Waals surface area contributed by atoms with Crippen LogP contribution in [0.4, 0.5) is 10.5 Å². The molecular formula is C25H20N4O6. The molecule has 176 valence electrons. The number of carboxylic acid groups (broad SMARTS) is 1. The summed E-state index contributed by atoms with van der Waals surface area (Å²) >= 11 is 0. The third-order valence-electron chi connectivity index (χ3n) is 6.01. The topological polar surface area (TPSA) is 138 Å². The van der Waals surface area contributed by atoms with Crippen molar-refractivity contribution >= 4 is 29.6 Å². The fraction of sp³-hybridized carbons (Fsp3) is 0.160. The second-order valence-corrected chi connectivity index (χ2v) is 8.15. The predicted octanol–water partition coefficient (Wildman–Crippen LogP) is 2.77. The molecule has 1 atom stereocenters. The first-order valence-electron chi connectivity index (χ1n) is 10.9. The lowest BCUT2D eigenvalue weighted by atomic mass is 9.98. The van der Waals surface area contributed by atoms with E-state index in [-0.39, 0.29) is 24.6 Å². The quantitative estimate of drug-likeness (QED) is 0.519. The molecule has 0 spiro atoms. The van der Waals surface area contributed by atoms with Crippen LogP contribution < -0.4 is 10.7 Å². The molecule has 0 bridgehead atoms. The zero-order valence-corrected chi connectivity index (χ0v) is 18.3. The Kier molecular flexibility index (Phi) is 5.61. The van der Waals surface area contributed by atoms with Gasteiger partial charge in [0.15, 0.2) is 6.04 Å². The predicted molar refractivity (Wildman–Crippen MR) is 123 cm³/mol. The van der Waals surface area contributed by atoms with Gasteiger partial charge in [0.05, 0.1) is 18.3 Å². The van der Waals surface area contributed by atoms with E-state index in [0.29, 0.717) is 5.69 Å². The van der Waals surface area contributed by atoms with Gasteiger partial charge in [-0.3, -0.25) is 20.3 Å². The maximum absolute atomic E-state index is 12.6. The summed E-state index contributed by atoms with van der Waals surface area (Å²) in [6, 6.07) is 17.5. The summed E-state index contributed by atoms with van der Waals surface area (Å²) in [5.41, 5.74) is 6.87. The number of fused-ring (bicyclic) bond motifs is 3. The van der Waals surface area contributed by atoms with Gasteiger partial charge in [0, 0.05) is 5.92 Å². The number of carbonyl (C=O) groups excluding carboxylic acids is 3. The second-order valence-electron chi connectivity index (χ2n) is 8.15. The summed E-state index contributed by atoms with van der Waals surface area (Å²) in [7, 11) is 0. The first kappa shape index (κ1) is 22.1. The Labute approximate surface area is 199 Å². The van der Waals surface area contributed by atoms with Crippen LogP contribution in [-0.4, -0.2) is 51.6 Å². The summed E-state index contributed by atoms with van der Waals surface area (Å²) in [5.74, 6) is -2.72. The molecule has 2 heterocycles. The number of anilines is 1. The first-order chi connectivity index (χ1) is 16.9. The van der Waals surface area contributed by atoms with Gasteiger partial charge < -0.3 is 9.84 Å². The van der Waals surface area contributed by atoms with E-state index < -0.39 is 29.9 Å². The van der Waals surface area contributed by atoms with Gasteiger partial charge >= 0.3 is 12.1 Å². The molecule has 0 radical (unpaired) electrons. The molecule has 1 saturated heterocycles. The van der Waals surface area contributed by atoms with Gasteiger partial charge in [0.2, 0.25) is 5.91 Å². The van der Waals surface area contributed by atoms with E-state index in [4.69, 9.17) is 4.74 Å². The molecule has 1 fully saturated rings. The third-order valence-corrected chi connectivity index (χ3v) is 6.01. The monoisotopic (exact) mass is 472 g/mol. The number of aromatic nitrogens is 1. The molecule has 2 aromatic carbocycles. The minimum absolute atomic E-state index is 0.0795. The molecule has 10 heteroatoms. The van der Waals surface area contributed by atoms with Crippen molar-refractivity contribution in [2.75, 3.05) is 11.9 Å². The number of benzene rings is 2. The highest BCUT2D eigenvalue weighted by Gasteiger charge is 2.39. The average molecular weight is 472 g/mol. The first-order valence-corrected chi connectivity index (χ1v) is 10.9. The molecular weight excluding hydrogens is 452 g/mol. The summed E-state index contributed by atoms with van der Waals surface area (Å²) in [4.78, 5) is 51.8. The van der Waals surface area contributed by atoms with Crippen LogP contribution in [-0.2, 0) is 14.3 Å². The minimum Gasteiger partial charge on any atom is -0.480 e. The van der Waals surface area contributed by atoms with E-state index >= 15 is 0 Å². The van der Waals surface area contributed by atoms with E-state index in [0.717, 1.165) is 27.3 Å². The number of ether oxygens (including phenoxy) is 1. The average Bonchev–Trinajstić information content (AvgIpc) is 3.41. The molecule has 3 aromatic rings. The van der Waals surface area contributed by atoms with Crippen LogP contribution in [0.3, 0.4) is 0 Å². The van der Waals surface area contributed by atoms with Crippen LogP contribution in [0.1, 0.15) is 34.0 Å². The molecule has 10 nitrogen and oxygen atoms in total. The Morgan fingerprint density at radius 1 is 1.03 bits per heavy atom. The standard InChI is InChI=1S/C25H20N4O6/c30-22-11-21(24(32)33)29(28-22)23(31)20-10-9-14(12-26-20)27-25(34)35-13-19-17-7-3-1-5-15(17)16-6-2-4-8-18(16)19/h1-10,12,19,21H,11,13H2,(H,27,34)(H,28,30)(H,32,33). The zero-order valence-electron chi connectivity index (χ0n) is 18.3. The summed E-state index contributed by atoms with van der Waals surface area (Å²) in [6.07, 6.45) is 0.246. The van der Waals surface area contributed by atoms with E-state index in [2.05, 4.69) is 27.9 Å². The fourth-order valence-corrected chi connectivity index (χ4v) is 4.38. The summed E-state index contributed by atoms with van der Waals surface area (Å²) in [6.45, 7) is 0.148. The fourth-order valence-electron chi connectivity index (χ4n) is 4.38. The normalized spacial score (nSPS) is 16.3. The Morgan fingerprint density at radius 2 is 1.69 bits per heavy atom. The third kappa shape index (κ3) is 4.17. The smallest absolute Gasteiger partial charge is 0.411 e. The lowest BCUT2D eigenvalue weighted by Gasteiger charge is -2.19. The van der Waals surface area contributed by atoms with Gasteiger partial charge in [-0.2, -0.15) is 0 Å². The van der Waals surface area contributed by atoms with E-state index in [1.54, 1.807) is 0 Å². The Balaban J connectivity index is 1.22. The highest BCUT2D eigenvalue weighted by atomic mass is 16.5. The Morgan fingerprint density at radius 3 is 2.29 bits per heavy atom. The SMILES string of the molecule is O=C1CC(C(=O)O)N(C(=O)c2ccc(NC(=O)OCC3c4ccccc4-c4ccccc43)cn2)N1. The van der Waals surface area contributed by atoms with Crippen LogP contribution in [0.15, 0.2) is 66.9 Å². The van der Waals surface area contributed by atoms with Crippen molar-refractivity contribution in [3.63, 3.8) is 0 Å². The summed E-state index contributed by atoms with van der Waals surface area (Å²) in [5, 5.41) is 12.5. The number of aliphatic carboxylic acids is 1. The second kappa shape index (κ2) is 8.90. The van der Waals surface area contributed by atoms with Gasteiger partial charge in [-0.15, -0.1) is 0 Å². The van der Waals surface area contributed by atoms with Gasteiger partial charge in [-0.1, -0.05) is 48.5 Å². The highest BCUT2D eigenvalue weighted by Crippen LogP contribution is 2.44. The number of hydrazine groups is 1. The molecule has 2 aliphatic rings. The van der Waals surface area contributed by atoms with Crippen LogP contribution in [0.25, 0.3) is 11.1 Å². The van der Waals surface area contributed by atoms with Crippen molar-refractivity contribution in [3.05, 3.63) is 83.7 Å². The number of rotatable bonds is 5. The highest BCUT2D eigenvalue weighted by molar-refractivity contribution is 6.00. The molecule has 1 aromatic heterocycles. The van der Waals surface area contributed by atoms with Gasteiger partial charge in [0.25, 0.3) is 5.91 Å². The molecule has 5 rings (SSSR count). The van der Waals surface area contributed by atoms with Crippen LogP contribution in [0.5, 0.6) is 0 Å². The van der Waals surface area contributed by atoms with Crippen LogP contribution in [0.2, 0.25) is 0 Å². The maximum atomic E-state index is 12.6. The van der Waals surface area contributed by atoms with Gasteiger partial charge in [0.1, 0.15) is 12.3 Å². The van der Waals surface area contributed by atoms with Crippen molar-refractivity contribution in [2.45, 2.75) is 18.4 Å². The van der Waals surface area contributed by atoms with E-state index in [1.807, 2.05) is 36.4 Å². The summed E-state index contributed by atoms with van der Waals surface area (Å²) < 4.78 is 5.49. The van der Waals surface area contributed by atoms with Crippen molar-refractivity contribution in [1.29, 1.82) is 0 Å². The largest absolute Gasteiger partial charge is 0.480 e. The van der Waals surface area contributed by atoms with Crippen LogP contribution in [0, 0.1) is 0 Å². The Hall–Kier alpha value is -4.73. The number of pyridine rings is 1. The lowest BCUT2D eigenvalue weighted by molar-refractivity contribution is -0.142. The number of carbonyl (C=O) groups is 4. The zero-order chi connectivity index (χ0) is 24.5. The van der Waals surface area contributed by atoms with Crippen molar-refractivity contribution < 1.29 is 29.0 Å². The molecule has 35 heavy (non-hydrogen) atoms. The maximum Gasteiger partial charge on any atom is 0.411 e. The van der Waals surface area contributed by atoms with Gasteiger partial charge in [-0.25, -0.2) is 19.6 Å². The Bertz CT molecular complexity index is 1290. The minimum atomic E-state index is -1.31. The number of hydrogen-bond donors (Lipinski definition) is 3. The number of nitrogens with one attached hydrogen (secondary N) is 2. The van der Waals surface area contributed by atoms with E-state index in [1.165, 1.54) is 18.3 Å². The molecule has 1 aliphatic carbocycles. The molecule has 1 aliphatic heterocycles. The molecule has 0 saturated carbocycles. The molecule has 3 amide bonds.